The second-order valence-corrected chi connectivity index (χ2v) is 8.90. The molecule has 2 atom stereocenters. The maximum atomic E-state index is 12.9. The van der Waals surface area contributed by atoms with Crippen molar-refractivity contribution in [2.24, 2.45) is 5.92 Å². The molecule has 0 unspecified atom stereocenters. The van der Waals surface area contributed by atoms with Crippen LogP contribution in [0.15, 0.2) is 21.3 Å². The van der Waals surface area contributed by atoms with Crippen LogP contribution in [0.25, 0.3) is 11.0 Å². The number of hydrogen-bond acceptors (Lipinski definition) is 5. The highest BCUT2D eigenvalue weighted by molar-refractivity contribution is 5.86. The Morgan fingerprint density at radius 3 is 2.83 bits per heavy atom. The van der Waals surface area contributed by atoms with Crippen LogP contribution in [0.5, 0.6) is 5.75 Å². The third-order valence-corrected chi connectivity index (χ3v) is 7.24. The molecule has 1 N–H and O–H groups in total. The van der Waals surface area contributed by atoms with Crippen molar-refractivity contribution in [3.63, 3.8) is 0 Å². The van der Waals surface area contributed by atoms with Crippen LogP contribution < -0.4 is 10.4 Å². The molecule has 1 saturated heterocycles. The molecule has 1 aromatic carbocycles. The minimum atomic E-state index is -0.593. The molecule has 0 spiro atoms. The average Bonchev–Trinajstić information content (AvgIpc) is 2.73. The predicted molar refractivity (Wildman–Crippen MR) is 115 cm³/mol. The molecule has 2 aromatic rings. The van der Waals surface area contributed by atoms with Gasteiger partial charge in [-0.05, 0) is 57.2 Å². The molecule has 1 amide bonds. The highest BCUT2D eigenvalue weighted by Gasteiger charge is 2.43. The van der Waals surface area contributed by atoms with Gasteiger partial charge >= 0.3 is 5.63 Å². The Morgan fingerprint density at radius 1 is 1.27 bits per heavy atom. The molecule has 30 heavy (non-hydrogen) atoms. The van der Waals surface area contributed by atoms with Gasteiger partial charge in [-0.3, -0.25) is 4.79 Å². The smallest absolute Gasteiger partial charge is 0.339 e. The predicted octanol–water partition coefficient (Wildman–Crippen LogP) is 3.50. The van der Waals surface area contributed by atoms with Crippen LogP contribution in [0.4, 0.5) is 0 Å². The van der Waals surface area contributed by atoms with Gasteiger partial charge in [0.2, 0.25) is 5.91 Å². The zero-order chi connectivity index (χ0) is 21.5. The Kier molecular flexibility index (Phi) is 5.62. The first-order valence-electron chi connectivity index (χ1n) is 10.9. The largest absolute Gasteiger partial charge is 0.496 e. The summed E-state index contributed by atoms with van der Waals surface area (Å²) >= 11 is 0. The lowest BCUT2D eigenvalue weighted by Gasteiger charge is -2.47. The van der Waals surface area contributed by atoms with Gasteiger partial charge < -0.3 is 19.2 Å². The fourth-order valence-corrected chi connectivity index (χ4v) is 5.27. The molecular formula is C24H31NO5. The number of methoxy groups -OCH3 is 1. The molecule has 2 fully saturated rings. The molecule has 0 radical (unpaired) electrons. The van der Waals surface area contributed by atoms with Gasteiger partial charge in [-0.25, -0.2) is 4.79 Å². The van der Waals surface area contributed by atoms with Crippen molar-refractivity contribution >= 4 is 16.9 Å². The molecular weight excluding hydrogens is 382 g/mol. The first-order chi connectivity index (χ1) is 14.3. The van der Waals surface area contributed by atoms with E-state index in [9.17, 15) is 14.7 Å². The lowest BCUT2D eigenvalue weighted by molar-refractivity contribution is -0.143. The number of aliphatic hydroxyl groups is 1. The summed E-state index contributed by atoms with van der Waals surface area (Å²) in [7, 11) is 1.59. The second kappa shape index (κ2) is 8.06. The van der Waals surface area contributed by atoms with Crippen LogP contribution >= 0.6 is 0 Å². The zero-order valence-electron chi connectivity index (χ0n) is 18.1. The number of fused-ring (bicyclic) bond motifs is 2. The van der Waals surface area contributed by atoms with E-state index in [-0.39, 0.29) is 23.9 Å². The molecule has 1 aliphatic carbocycles. The molecule has 1 aliphatic heterocycles. The lowest BCUT2D eigenvalue weighted by atomic mass is 9.71. The number of rotatable bonds is 4. The van der Waals surface area contributed by atoms with Gasteiger partial charge in [0.1, 0.15) is 11.3 Å². The summed E-state index contributed by atoms with van der Waals surface area (Å²) in [6, 6.07) is 3.78. The summed E-state index contributed by atoms with van der Waals surface area (Å²) in [6.45, 7) is 5.00. The molecule has 0 bridgehead atoms. The third kappa shape index (κ3) is 3.62. The van der Waals surface area contributed by atoms with Crippen LogP contribution in [0.1, 0.15) is 55.2 Å². The monoisotopic (exact) mass is 413 g/mol. The van der Waals surface area contributed by atoms with Gasteiger partial charge in [-0.15, -0.1) is 0 Å². The number of amides is 1. The maximum Gasteiger partial charge on any atom is 0.339 e. The van der Waals surface area contributed by atoms with E-state index in [1.54, 1.807) is 7.11 Å². The van der Waals surface area contributed by atoms with Crippen LogP contribution in [-0.2, 0) is 11.2 Å². The van der Waals surface area contributed by atoms with Crippen molar-refractivity contribution in [3.8, 4) is 5.75 Å². The molecule has 2 aliphatic rings. The molecule has 6 nitrogen and oxygen atoms in total. The quantitative estimate of drug-likeness (QED) is 0.776. The van der Waals surface area contributed by atoms with Crippen LogP contribution in [0, 0.1) is 19.8 Å². The van der Waals surface area contributed by atoms with Crippen molar-refractivity contribution < 1.29 is 19.1 Å². The van der Waals surface area contributed by atoms with E-state index in [0.29, 0.717) is 42.8 Å². The molecule has 2 heterocycles. The van der Waals surface area contributed by atoms with E-state index in [2.05, 4.69) is 0 Å². The Hall–Kier alpha value is -2.34. The van der Waals surface area contributed by atoms with Gasteiger partial charge in [0.05, 0.1) is 12.7 Å². The van der Waals surface area contributed by atoms with E-state index < -0.39 is 5.60 Å². The molecule has 1 aromatic heterocycles. The van der Waals surface area contributed by atoms with E-state index >= 15 is 0 Å². The first-order valence-corrected chi connectivity index (χ1v) is 10.9. The van der Waals surface area contributed by atoms with E-state index in [1.165, 1.54) is 0 Å². The number of ether oxygens (including phenoxy) is 1. The molecule has 6 heteroatoms. The number of aryl methyl sites for hydroxylation is 2. The number of piperidine rings is 1. The number of likely N-dealkylation sites (tertiary alicyclic amines) is 1. The zero-order valence-corrected chi connectivity index (χ0v) is 18.1. The van der Waals surface area contributed by atoms with Gasteiger partial charge in [0.15, 0.2) is 0 Å². The first kappa shape index (κ1) is 20.9. The standard InChI is InChI=1S/C24H31NO5/c1-15-18-7-9-20(29-3)16(2)22(18)30-23(27)19(15)8-10-21(26)25-13-12-24(28)11-5-4-6-17(24)14-25/h7,9,17,28H,4-6,8,10-14H2,1-3H3/t17-,24+/m0/s1. The Morgan fingerprint density at radius 2 is 2.07 bits per heavy atom. The summed E-state index contributed by atoms with van der Waals surface area (Å²) < 4.78 is 10.9. The van der Waals surface area contributed by atoms with Gasteiger partial charge in [-0.2, -0.15) is 0 Å². The van der Waals surface area contributed by atoms with Gasteiger partial charge in [-0.1, -0.05) is 12.8 Å². The molecule has 4 rings (SSSR count). The van der Waals surface area contributed by atoms with Gasteiger partial charge in [0.25, 0.3) is 0 Å². The second-order valence-electron chi connectivity index (χ2n) is 8.90. The van der Waals surface area contributed by atoms with Gasteiger partial charge in [0, 0.05) is 41.9 Å². The summed E-state index contributed by atoms with van der Waals surface area (Å²) in [5, 5.41) is 11.7. The average molecular weight is 414 g/mol. The summed E-state index contributed by atoms with van der Waals surface area (Å²) in [5.74, 6) is 0.905. The number of nitrogens with zero attached hydrogens (tertiary/aromatic N) is 1. The van der Waals surface area contributed by atoms with Crippen molar-refractivity contribution in [2.75, 3.05) is 20.2 Å². The summed E-state index contributed by atoms with van der Waals surface area (Å²) in [6.07, 6.45) is 5.32. The van der Waals surface area contributed by atoms with Crippen LogP contribution in [0.3, 0.4) is 0 Å². The lowest BCUT2D eigenvalue weighted by Crippen LogP contribution is -2.54. The van der Waals surface area contributed by atoms with Crippen molar-refractivity contribution in [1.29, 1.82) is 0 Å². The van der Waals surface area contributed by atoms with Crippen LogP contribution in [0.2, 0.25) is 0 Å². The number of benzene rings is 1. The van der Waals surface area contributed by atoms with Crippen molar-refractivity contribution in [2.45, 2.75) is 64.4 Å². The number of hydrogen-bond donors (Lipinski definition) is 1. The topological polar surface area (TPSA) is 80.0 Å². The van der Waals surface area contributed by atoms with E-state index in [0.717, 1.165) is 42.2 Å². The van der Waals surface area contributed by atoms with E-state index in [4.69, 9.17) is 9.15 Å². The SMILES string of the molecule is COc1ccc2c(C)c(CCC(=O)N3CC[C@]4(O)CCCC[C@H]4C3)c(=O)oc2c1C. The number of carbonyl (C=O) groups excluding carboxylic acids is 1. The highest BCUT2D eigenvalue weighted by atomic mass is 16.5. The third-order valence-electron chi connectivity index (χ3n) is 7.24. The Bertz CT molecular complexity index is 1030. The Balaban J connectivity index is 1.50. The normalized spacial score (nSPS) is 24.0. The Labute approximate surface area is 176 Å². The fraction of sp³-hybridized carbons (Fsp3) is 0.583. The molecule has 1 saturated carbocycles. The minimum Gasteiger partial charge on any atom is -0.496 e. The maximum absolute atomic E-state index is 12.9. The van der Waals surface area contributed by atoms with Crippen molar-refractivity contribution in [1.82, 2.24) is 4.90 Å². The fourth-order valence-electron chi connectivity index (χ4n) is 5.27. The number of carbonyl (C=O) groups is 1. The highest BCUT2D eigenvalue weighted by Crippen LogP contribution is 2.40. The minimum absolute atomic E-state index is 0.0485. The molecule has 162 valence electrons. The summed E-state index contributed by atoms with van der Waals surface area (Å²) in [4.78, 5) is 27.4. The van der Waals surface area contributed by atoms with Crippen molar-refractivity contribution in [3.05, 3.63) is 39.2 Å². The van der Waals surface area contributed by atoms with E-state index in [1.807, 2.05) is 30.9 Å². The van der Waals surface area contributed by atoms with Crippen LogP contribution in [-0.4, -0.2) is 41.7 Å². The summed E-state index contributed by atoms with van der Waals surface area (Å²) in [5.41, 5.74) is 1.78.